The molecule has 1 aliphatic heterocycles. The van der Waals surface area contributed by atoms with E-state index in [4.69, 9.17) is 9.97 Å². The summed E-state index contributed by atoms with van der Waals surface area (Å²) >= 11 is 0. The van der Waals surface area contributed by atoms with Crippen LogP contribution < -0.4 is 10.6 Å². The average molecular weight is 437 g/mol. The number of nitrogens with zero attached hydrogens (tertiary/aromatic N) is 5. The van der Waals surface area contributed by atoms with E-state index in [1.165, 1.54) is 16.8 Å². The molecular formula is C25H24N8. The summed E-state index contributed by atoms with van der Waals surface area (Å²) in [4.78, 5) is 17.5. The van der Waals surface area contributed by atoms with E-state index in [0.717, 1.165) is 59.3 Å². The van der Waals surface area contributed by atoms with Gasteiger partial charge in [-0.05, 0) is 61.3 Å². The van der Waals surface area contributed by atoms with Crippen LogP contribution in [0.2, 0.25) is 0 Å². The van der Waals surface area contributed by atoms with Crippen LogP contribution in [-0.4, -0.2) is 36.1 Å². The lowest BCUT2D eigenvalue weighted by molar-refractivity contribution is 0.644. The average Bonchev–Trinajstić information content (AvgIpc) is 3.49. The zero-order valence-corrected chi connectivity index (χ0v) is 18.3. The van der Waals surface area contributed by atoms with E-state index in [9.17, 15) is 0 Å². The van der Waals surface area contributed by atoms with E-state index < -0.39 is 0 Å². The summed E-state index contributed by atoms with van der Waals surface area (Å²) in [5.74, 6) is 0.855. The number of fused-ring (bicyclic) bond motifs is 2. The Bertz CT molecular complexity index is 1450. The highest BCUT2D eigenvalue weighted by molar-refractivity contribution is 5.77. The number of imidazole rings is 1. The summed E-state index contributed by atoms with van der Waals surface area (Å²) in [7, 11) is 0. The van der Waals surface area contributed by atoms with Gasteiger partial charge in [-0.2, -0.15) is 5.10 Å². The molecule has 0 radical (unpaired) electrons. The maximum Gasteiger partial charge on any atom is 0.155 e. The Hall–Kier alpha value is -4.04. The third kappa shape index (κ3) is 3.74. The summed E-state index contributed by atoms with van der Waals surface area (Å²) in [6, 6.07) is 16.4. The van der Waals surface area contributed by atoms with Gasteiger partial charge in [-0.15, -0.1) is 0 Å². The predicted octanol–water partition coefficient (Wildman–Crippen LogP) is 3.75. The van der Waals surface area contributed by atoms with Gasteiger partial charge in [-0.25, -0.2) is 14.5 Å². The van der Waals surface area contributed by atoms with Gasteiger partial charge in [0.25, 0.3) is 0 Å². The maximum atomic E-state index is 4.95. The molecule has 0 atom stereocenters. The minimum Gasteiger partial charge on any atom is -0.378 e. The zero-order chi connectivity index (χ0) is 22.2. The molecule has 0 saturated carbocycles. The lowest BCUT2D eigenvalue weighted by Gasteiger charge is -2.20. The van der Waals surface area contributed by atoms with Crippen LogP contribution in [0.3, 0.4) is 0 Å². The van der Waals surface area contributed by atoms with Crippen LogP contribution in [0.25, 0.3) is 28.3 Å². The van der Waals surface area contributed by atoms with E-state index in [0.29, 0.717) is 6.54 Å². The molecule has 33 heavy (non-hydrogen) atoms. The number of benzene rings is 1. The number of rotatable bonds is 5. The molecule has 8 heteroatoms. The third-order valence-electron chi connectivity index (χ3n) is 6.03. The molecule has 5 heterocycles. The van der Waals surface area contributed by atoms with E-state index in [1.807, 2.05) is 43.5 Å². The summed E-state index contributed by atoms with van der Waals surface area (Å²) in [6.07, 6.45) is 4.55. The van der Waals surface area contributed by atoms with Gasteiger partial charge in [0.1, 0.15) is 17.8 Å². The Labute approximate surface area is 191 Å². The SMILES string of the molecule is Cc1cccc(-c2nc(CNc3cccc4c3CCNC4)[nH]c2-c2ccc3ncnn3c2)n1. The first kappa shape index (κ1) is 19.6. The van der Waals surface area contributed by atoms with E-state index in [1.54, 1.807) is 10.8 Å². The van der Waals surface area contributed by atoms with Gasteiger partial charge < -0.3 is 15.6 Å². The van der Waals surface area contributed by atoms with Crippen molar-refractivity contribution in [1.29, 1.82) is 0 Å². The molecule has 164 valence electrons. The quantitative estimate of drug-likeness (QED) is 0.388. The number of anilines is 1. The topological polar surface area (TPSA) is 95.8 Å². The van der Waals surface area contributed by atoms with Gasteiger partial charge in [0.2, 0.25) is 0 Å². The van der Waals surface area contributed by atoms with Crippen LogP contribution in [0.4, 0.5) is 5.69 Å². The largest absolute Gasteiger partial charge is 0.378 e. The van der Waals surface area contributed by atoms with Crippen molar-refractivity contribution in [2.45, 2.75) is 26.4 Å². The van der Waals surface area contributed by atoms with Crippen LogP contribution in [0.15, 0.2) is 61.1 Å². The van der Waals surface area contributed by atoms with Crippen molar-refractivity contribution in [2.24, 2.45) is 0 Å². The molecule has 6 rings (SSSR count). The highest BCUT2D eigenvalue weighted by Gasteiger charge is 2.17. The minimum atomic E-state index is 0.592. The van der Waals surface area contributed by atoms with Crippen LogP contribution in [0.5, 0.6) is 0 Å². The number of aromatic amines is 1. The highest BCUT2D eigenvalue weighted by atomic mass is 15.3. The van der Waals surface area contributed by atoms with Crippen molar-refractivity contribution in [3.63, 3.8) is 0 Å². The molecule has 0 unspecified atom stereocenters. The Morgan fingerprint density at radius 3 is 2.94 bits per heavy atom. The summed E-state index contributed by atoms with van der Waals surface area (Å²) in [5.41, 5.74) is 9.25. The zero-order valence-electron chi connectivity index (χ0n) is 18.3. The summed E-state index contributed by atoms with van der Waals surface area (Å²) in [6.45, 7) is 4.51. The van der Waals surface area contributed by atoms with Crippen molar-refractivity contribution in [3.8, 4) is 22.6 Å². The molecule has 5 aromatic rings. The first-order valence-electron chi connectivity index (χ1n) is 11.1. The second kappa shape index (κ2) is 8.14. The maximum absolute atomic E-state index is 4.95. The molecule has 0 aliphatic carbocycles. The van der Waals surface area contributed by atoms with Gasteiger partial charge in [-0.3, -0.25) is 4.98 Å². The van der Waals surface area contributed by atoms with Gasteiger partial charge in [-0.1, -0.05) is 18.2 Å². The number of pyridine rings is 2. The number of aryl methyl sites for hydroxylation is 1. The number of nitrogens with one attached hydrogen (secondary N) is 3. The van der Waals surface area contributed by atoms with E-state index >= 15 is 0 Å². The molecule has 0 amide bonds. The molecule has 0 bridgehead atoms. The molecule has 3 N–H and O–H groups in total. The lowest BCUT2D eigenvalue weighted by Crippen LogP contribution is -2.24. The van der Waals surface area contributed by atoms with Gasteiger partial charge >= 0.3 is 0 Å². The molecule has 4 aromatic heterocycles. The first-order valence-corrected chi connectivity index (χ1v) is 11.1. The fourth-order valence-electron chi connectivity index (χ4n) is 4.42. The van der Waals surface area contributed by atoms with Crippen molar-refractivity contribution in [1.82, 2.24) is 34.9 Å². The van der Waals surface area contributed by atoms with Crippen LogP contribution in [0, 0.1) is 6.92 Å². The second-order valence-electron chi connectivity index (χ2n) is 8.28. The highest BCUT2D eigenvalue weighted by Crippen LogP contribution is 2.30. The van der Waals surface area contributed by atoms with Crippen molar-refractivity contribution in [2.75, 3.05) is 11.9 Å². The third-order valence-corrected chi connectivity index (χ3v) is 6.03. The Balaban J connectivity index is 1.38. The van der Waals surface area contributed by atoms with Crippen molar-refractivity contribution < 1.29 is 0 Å². The normalized spacial score (nSPS) is 13.2. The molecule has 0 fully saturated rings. The molecule has 1 aromatic carbocycles. The van der Waals surface area contributed by atoms with Gasteiger partial charge in [0.15, 0.2) is 5.65 Å². The number of hydrogen-bond donors (Lipinski definition) is 3. The van der Waals surface area contributed by atoms with Crippen LogP contribution in [-0.2, 0) is 19.5 Å². The number of hydrogen-bond acceptors (Lipinski definition) is 6. The molecule has 0 spiro atoms. The molecule has 0 saturated heterocycles. The summed E-state index contributed by atoms with van der Waals surface area (Å²) in [5, 5.41) is 11.3. The lowest BCUT2D eigenvalue weighted by atomic mass is 9.99. The Morgan fingerprint density at radius 2 is 2.00 bits per heavy atom. The Kier molecular flexibility index (Phi) is 4.84. The Morgan fingerprint density at radius 1 is 1.06 bits per heavy atom. The molecule has 8 nitrogen and oxygen atoms in total. The number of aromatic nitrogens is 6. The molecule has 1 aliphatic rings. The van der Waals surface area contributed by atoms with E-state index in [2.05, 4.69) is 43.9 Å². The summed E-state index contributed by atoms with van der Waals surface area (Å²) < 4.78 is 1.77. The van der Waals surface area contributed by atoms with E-state index in [-0.39, 0.29) is 0 Å². The fourth-order valence-corrected chi connectivity index (χ4v) is 4.42. The van der Waals surface area contributed by atoms with Crippen molar-refractivity contribution >= 4 is 11.3 Å². The monoisotopic (exact) mass is 436 g/mol. The fraction of sp³-hybridized carbons (Fsp3) is 0.200. The van der Waals surface area contributed by atoms with Crippen LogP contribution in [0.1, 0.15) is 22.6 Å². The smallest absolute Gasteiger partial charge is 0.155 e. The number of H-pyrrole nitrogens is 1. The van der Waals surface area contributed by atoms with Crippen LogP contribution >= 0.6 is 0 Å². The van der Waals surface area contributed by atoms with Gasteiger partial charge in [0.05, 0.1) is 17.9 Å². The minimum absolute atomic E-state index is 0.592. The predicted molar refractivity (Wildman–Crippen MR) is 128 cm³/mol. The molecular weight excluding hydrogens is 412 g/mol. The first-order chi connectivity index (χ1) is 16.2. The second-order valence-corrected chi connectivity index (χ2v) is 8.28. The van der Waals surface area contributed by atoms with Crippen molar-refractivity contribution in [3.05, 3.63) is 83.7 Å². The van der Waals surface area contributed by atoms with Gasteiger partial charge in [0, 0.05) is 29.7 Å². The standard InChI is InChI=1S/C25H24N8/c1-16-4-2-7-21(30-16)25-24(18-8-9-23-28-15-29-33(23)14-18)31-22(32-25)13-27-20-6-3-5-17-12-26-11-10-19(17)20/h2-9,14-15,26-27H,10-13H2,1H3,(H,31,32).